The summed E-state index contributed by atoms with van der Waals surface area (Å²) in [6.45, 7) is 3.97. The van der Waals surface area contributed by atoms with Crippen molar-refractivity contribution in [1.29, 1.82) is 0 Å². The van der Waals surface area contributed by atoms with Crippen LogP contribution in [0.2, 0.25) is 0 Å². The maximum Gasteiger partial charge on any atom is 0.200 e. The molecule has 0 atom stereocenters. The average Bonchev–Trinajstić information content (AvgIpc) is 2.87. The van der Waals surface area contributed by atoms with Crippen LogP contribution < -0.4 is 0 Å². The van der Waals surface area contributed by atoms with Crippen LogP contribution in [-0.4, -0.2) is 27.1 Å². The molecule has 0 aliphatic rings. The predicted octanol–water partition coefficient (Wildman–Crippen LogP) is 3.85. The Balaban J connectivity index is 2.03. The van der Waals surface area contributed by atoms with Crippen molar-refractivity contribution < 1.29 is 4.79 Å². The Hall–Kier alpha value is -0.850. The first-order valence-corrected chi connectivity index (χ1v) is 8.69. The molecule has 19 heavy (non-hydrogen) atoms. The van der Waals surface area contributed by atoms with E-state index in [4.69, 9.17) is 0 Å². The minimum absolute atomic E-state index is 0.145. The molecule has 0 N–H and O–H groups in total. The van der Waals surface area contributed by atoms with E-state index in [1.165, 1.54) is 35.1 Å². The van der Waals surface area contributed by atoms with Gasteiger partial charge in [-0.3, -0.25) is 4.79 Å². The molecular weight excluding hydrogens is 296 g/mol. The van der Waals surface area contributed by atoms with Gasteiger partial charge in [0, 0.05) is 5.56 Å². The lowest BCUT2D eigenvalue weighted by atomic mass is 10.0. The summed E-state index contributed by atoms with van der Waals surface area (Å²) in [6, 6.07) is 5.96. The van der Waals surface area contributed by atoms with E-state index >= 15 is 0 Å². The van der Waals surface area contributed by atoms with Crippen molar-refractivity contribution in [3.05, 3.63) is 34.9 Å². The number of carbonyl (C=O) groups excluding carboxylic acids is 1. The first kappa shape index (κ1) is 14.6. The molecule has 2 aromatic rings. The van der Waals surface area contributed by atoms with Crippen LogP contribution in [0, 0.1) is 13.8 Å². The number of aryl methyl sites for hydroxylation is 2. The van der Waals surface area contributed by atoms with Gasteiger partial charge in [0.1, 0.15) is 0 Å². The lowest BCUT2D eigenvalue weighted by Gasteiger charge is -2.05. The van der Waals surface area contributed by atoms with Gasteiger partial charge >= 0.3 is 0 Å². The fraction of sp³-hybridized carbons (Fsp3) is 0.308. The molecule has 0 spiro atoms. The van der Waals surface area contributed by atoms with Crippen molar-refractivity contribution >= 4 is 40.8 Å². The fourth-order valence-electron chi connectivity index (χ4n) is 1.58. The molecule has 0 saturated heterocycles. The van der Waals surface area contributed by atoms with Crippen LogP contribution >= 0.6 is 35.1 Å². The van der Waals surface area contributed by atoms with Gasteiger partial charge in [0.05, 0.1) is 5.75 Å². The Labute approximate surface area is 125 Å². The summed E-state index contributed by atoms with van der Waals surface area (Å²) in [5.74, 6) is 0.555. The molecular formula is C13H14N2OS3. The van der Waals surface area contributed by atoms with E-state index in [0.29, 0.717) is 5.75 Å². The molecule has 6 heteroatoms. The van der Waals surface area contributed by atoms with Crippen molar-refractivity contribution in [2.24, 2.45) is 0 Å². The van der Waals surface area contributed by atoms with E-state index < -0.39 is 0 Å². The zero-order valence-electron chi connectivity index (χ0n) is 11.0. The first-order valence-electron chi connectivity index (χ1n) is 5.71. The Morgan fingerprint density at radius 1 is 1.37 bits per heavy atom. The zero-order chi connectivity index (χ0) is 13.8. The van der Waals surface area contributed by atoms with E-state index in [2.05, 4.69) is 9.36 Å². The van der Waals surface area contributed by atoms with Gasteiger partial charge < -0.3 is 0 Å². The largest absolute Gasteiger partial charge is 0.293 e. The number of nitrogens with zero attached hydrogens (tertiary/aromatic N) is 2. The lowest BCUT2D eigenvalue weighted by molar-refractivity contribution is 0.102. The van der Waals surface area contributed by atoms with Crippen LogP contribution in [0.1, 0.15) is 21.5 Å². The molecule has 0 amide bonds. The second kappa shape index (κ2) is 6.54. The molecule has 1 aromatic heterocycles. The molecule has 0 aliphatic carbocycles. The van der Waals surface area contributed by atoms with E-state index in [0.717, 1.165) is 26.2 Å². The van der Waals surface area contributed by atoms with Crippen molar-refractivity contribution in [3.63, 3.8) is 0 Å². The van der Waals surface area contributed by atoms with Gasteiger partial charge in [0.2, 0.25) is 5.16 Å². The molecule has 1 aromatic carbocycles. The zero-order valence-corrected chi connectivity index (χ0v) is 13.4. The van der Waals surface area contributed by atoms with E-state index in [1.807, 2.05) is 38.3 Å². The summed E-state index contributed by atoms with van der Waals surface area (Å²) in [5, 5.41) is 0.770. The highest BCUT2D eigenvalue weighted by molar-refractivity contribution is 8.01. The molecule has 0 saturated carbocycles. The molecule has 100 valence electrons. The Bertz CT molecular complexity index is 595. The van der Waals surface area contributed by atoms with Crippen LogP contribution in [0.3, 0.4) is 0 Å². The third-order valence-corrected chi connectivity index (χ3v) is 5.09. The monoisotopic (exact) mass is 310 g/mol. The smallest absolute Gasteiger partial charge is 0.200 e. The fourth-order valence-corrected chi connectivity index (χ4v) is 3.67. The van der Waals surface area contributed by atoms with E-state index in [1.54, 1.807) is 0 Å². The summed E-state index contributed by atoms with van der Waals surface area (Å²) in [4.78, 5) is 16.5. The van der Waals surface area contributed by atoms with Gasteiger partial charge in [0.15, 0.2) is 10.1 Å². The van der Waals surface area contributed by atoms with Crippen LogP contribution in [0.4, 0.5) is 0 Å². The summed E-state index contributed by atoms with van der Waals surface area (Å²) < 4.78 is 5.03. The van der Waals surface area contributed by atoms with Gasteiger partial charge in [-0.05, 0) is 43.3 Å². The van der Waals surface area contributed by atoms with Crippen molar-refractivity contribution in [2.45, 2.75) is 23.3 Å². The molecule has 0 aliphatic heterocycles. The molecule has 2 rings (SSSR count). The van der Waals surface area contributed by atoms with Gasteiger partial charge in [-0.1, -0.05) is 41.2 Å². The Kier molecular flexibility index (Phi) is 5.01. The highest BCUT2D eigenvalue weighted by atomic mass is 32.2. The predicted molar refractivity (Wildman–Crippen MR) is 82.7 cm³/mol. The molecule has 0 unspecified atom stereocenters. The van der Waals surface area contributed by atoms with Crippen LogP contribution in [0.15, 0.2) is 27.7 Å². The van der Waals surface area contributed by atoms with E-state index in [9.17, 15) is 4.79 Å². The van der Waals surface area contributed by atoms with Gasteiger partial charge in [-0.15, -0.1) is 0 Å². The van der Waals surface area contributed by atoms with Crippen molar-refractivity contribution in [1.82, 2.24) is 9.36 Å². The maximum atomic E-state index is 12.2. The number of carbonyl (C=O) groups is 1. The topological polar surface area (TPSA) is 42.9 Å². The van der Waals surface area contributed by atoms with Crippen molar-refractivity contribution in [3.8, 4) is 0 Å². The molecule has 1 heterocycles. The third kappa shape index (κ3) is 3.81. The number of hydrogen-bond donors (Lipinski definition) is 0. The SMILES string of the molecule is CSc1nsc(SCC(=O)c2cc(C)ccc2C)n1. The second-order valence-corrected chi connectivity index (χ2v) is 6.82. The quantitative estimate of drug-likeness (QED) is 0.620. The number of rotatable bonds is 5. The molecule has 0 fully saturated rings. The van der Waals surface area contributed by atoms with Gasteiger partial charge in [0.25, 0.3) is 0 Å². The van der Waals surface area contributed by atoms with E-state index in [-0.39, 0.29) is 5.78 Å². The van der Waals surface area contributed by atoms with Crippen LogP contribution in [-0.2, 0) is 0 Å². The summed E-state index contributed by atoms with van der Waals surface area (Å²) >= 11 is 4.32. The minimum Gasteiger partial charge on any atom is -0.293 e. The number of aromatic nitrogens is 2. The number of hydrogen-bond acceptors (Lipinski definition) is 6. The Morgan fingerprint density at radius 3 is 2.84 bits per heavy atom. The molecule has 0 radical (unpaired) electrons. The van der Waals surface area contributed by atoms with Crippen LogP contribution in [0.25, 0.3) is 0 Å². The lowest BCUT2D eigenvalue weighted by Crippen LogP contribution is -2.05. The highest BCUT2D eigenvalue weighted by Gasteiger charge is 2.12. The second-order valence-electron chi connectivity index (χ2n) is 4.08. The van der Waals surface area contributed by atoms with Gasteiger partial charge in [-0.25, -0.2) is 4.98 Å². The maximum absolute atomic E-state index is 12.2. The van der Waals surface area contributed by atoms with Crippen LogP contribution in [0.5, 0.6) is 0 Å². The highest BCUT2D eigenvalue weighted by Crippen LogP contribution is 2.24. The number of benzene rings is 1. The third-order valence-electron chi connectivity index (χ3n) is 2.59. The average molecular weight is 310 g/mol. The molecule has 0 bridgehead atoms. The normalized spacial score (nSPS) is 10.7. The number of thioether (sulfide) groups is 2. The van der Waals surface area contributed by atoms with Gasteiger partial charge in [-0.2, -0.15) is 4.37 Å². The summed E-state index contributed by atoms with van der Waals surface area (Å²) in [6.07, 6.45) is 1.94. The summed E-state index contributed by atoms with van der Waals surface area (Å²) in [7, 11) is 0. The molecule has 3 nitrogen and oxygen atoms in total. The number of Topliss-reactive ketones (excluding diaryl/α,β-unsaturated/α-hetero) is 1. The Morgan fingerprint density at radius 2 is 2.16 bits per heavy atom. The summed E-state index contributed by atoms with van der Waals surface area (Å²) in [5.41, 5.74) is 2.94. The standard InChI is InChI=1S/C13H14N2OS3/c1-8-4-5-9(2)10(6-8)11(16)7-18-13-14-12(17-3)15-19-13/h4-6H,7H2,1-3H3. The number of ketones is 1. The first-order chi connectivity index (χ1) is 9.10. The minimum atomic E-state index is 0.145. The van der Waals surface area contributed by atoms with Crippen molar-refractivity contribution in [2.75, 3.05) is 12.0 Å².